The monoisotopic (exact) mass is 198 g/mol. The van der Waals surface area contributed by atoms with E-state index >= 15 is 0 Å². The van der Waals surface area contributed by atoms with E-state index in [-0.39, 0.29) is 0 Å². The van der Waals surface area contributed by atoms with Gasteiger partial charge in [-0.25, -0.2) is 0 Å². The van der Waals surface area contributed by atoms with Gasteiger partial charge in [-0.1, -0.05) is 20.8 Å². The van der Waals surface area contributed by atoms with Crippen LogP contribution in [0.15, 0.2) is 0 Å². The molecule has 14 heavy (non-hydrogen) atoms. The highest BCUT2D eigenvalue weighted by Gasteiger charge is 2.29. The maximum Gasteiger partial charge on any atom is 0.0221 e. The van der Waals surface area contributed by atoms with Crippen LogP contribution in [0.5, 0.6) is 0 Å². The molecule has 0 saturated carbocycles. The summed E-state index contributed by atoms with van der Waals surface area (Å²) in [6.45, 7) is 14.0. The maximum absolute atomic E-state index is 3.57. The van der Waals surface area contributed by atoms with Gasteiger partial charge in [0.05, 0.1) is 0 Å². The van der Waals surface area contributed by atoms with E-state index in [1.165, 1.54) is 13.0 Å². The summed E-state index contributed by atoms with van der Waals surface area (Å²) in [5.74, 6) is 0.759. The molecule has 2 nitrogen and oxygen atoms in total. The average Bonchev–Trinajstić information content (AvgIpc) is 2.16. The highest BCUT2D eigenvalue weighted by Crippen LogP contribution is 2.18. The largest absolute Gasteiger partial charge is 0.311 e. The van der Waals surface area contributed by atoms with Gasteiger partial charge in [-0.15, -0.1) is 0 Å². The first kappa shape index (κ1) is 12.0. The number of nitrogens with one attached hydrogen (secondary N) is 1. The van der Waals surface area contributed by atoms with Crippen molar-refractivity contribution in [3.05, 3.63) is 0 Å². The summed E-state index contributed by atoms with van der Waals surface area (Å²) in [5, 5.41) is 3.57. The minimum Gasteiger partial charge on any atom is -0.311 e. The van der Waals surface area contributed by atoms with Crippen molar-refractivity contribution in [2.24, 2.45) is 5.92 Å². The van der Waals surface area contributed by atoms with Crippen LogP contribution >= 0.6 is 0 Å². The van der Waals surface area contributed by atoms with Crippen molar-refractivity contribution in [3.8, 4) is 0 Å². The molecule has 0 radical (unpaired) electrons. The summed E-state index contributed by atoms with van der Waals surface area (Å²) >= 11 is 0. The predicted molar refractivity (Wildman–Crippen MR) is 62.5 cm³/mol. The van der Waals surface area contributed by atoms with Gasteiger partial charge in [0.2, 0.25) is 0 Å². The summed E-state index contributed by atoms with van der Waals surface area (Å²) < 4.78 is 0. The van der Waals surface area contributed by atoms with E-state index in [1.807, 2.05) is 0 Å². The molecule has 3 atom stereocenters. The molecule has 0 aromatic heterocycles. The summed E-state index contributed by atoms with van der Waals surface area (Å²) in [6.07, 6.45) is 1.26. The zero-order chi connectivity index (χ0) is 10.7. The zero-order valence-corrected chi connectivity index (χ0v) is 10.4. The molecule has 3 unspecified atom stereocenters. The van der Waals surface area contributed by atoms with Crippen LogP contribution in [0, 0.1) is 5.92 Å². The highest BCUT2D eigenvalue weighted by atomic mass is 15.2. The lowest BCUT2D eigenvalue weighted by Crippen LogP contribution is -2.58. The third-order valence-corrected chi connectivity index (χ3v) is 3.61. The van der Waals surface area contributed by atoms with Gasteiger partial charge in [0.1, 0.15) is 0 Å². The van der Waals surface area contributed by atoms with Crippen LogP contribution in [0.3, 0.4) is 0 Å². The van der Waals surface area contributed by atoms with Crippen LogP contribution in [0.4, 0.5) is 0 Å². The van der Waals surface area contributed by atoms with Crippen molar-refractivity contribution < 1.29 is 0 Å². The fraction of sp³-hybridized carbons (Fsp3) is 1.00. The quantitative estimate of drug-likeness (QED) is 0.747. The van der Waals surface area contributed by atoms with Crippen LogP contribution in [0.25, 0.3) is 0 Å². The Morgan fingerprint density at radius 3 is 2.50 bits per heavy atom. The Morgan fingerprint density at radius 1 is 1.36 bits per heavy atom. The van der Waals surface area contributed by atoms with E-state index in [2.05, 4.69) is 44.8 Å². The van der Waals surface area contributed by atoms with Crippen molar-refractivity contribution in [3.63, 3.8) is 0 Å². The molecule has 1 aliphatic rings. The normalized spacial score (nSPS) is 32.1. The molecular formula is C12H26N2. The molecule has 1 rings (SSSR count). The van der Waals surface area contributed by atoms with Gasteiger partial charge in [0, 0.05) is 31.2 Å². The number of hydrogen-bond donors (Lipinski definition) is 1. The minimum atomic E-state index is 0.652. The molecule has 1 fully saturated rings. The molecular weight excluding hydrogens is 172 g/mol. The number of piperazine rings is 1. The molecule has 0 amide bonds. The Kier molecular flexibility index (Phi) is 4.39. The lowest BCUT2D eigenvalue weighted by atomic mass is 9.98. The van der Waals surface area contributed by atoms with E-state index in [9.17, 15) is 0 Å². The van der Waals surface area contributed by atoms with Crippen LogP contribution in [0.1, 0.15) is 41.0 Å². The second-order valence-electron chi connectivity index (χ2n) is 5.05. The van der Waals surface area contributed by atoms with Crippen LogP contribution in [-0.2, 0) is 0 Å². The molecule has 0 aromatic rings. The predicted octanol–water partition coefficient (Wildman–Crippen LogP) is 2.10. The summed E-state index contributed by atoms with van der Waals surface area (Å²) in [5.41, 5.74) is 0. The molecule has 0 bridgehead atoms. The standard InChI is InChI=1S/C12H26N2/c1-6-12-7-13-10(4)8-14(12)11(5)9(2)3/h9-13H,6-8H2,1-5H3. The number of nitrogens with zero attached hydrogens (tertiary/aromatic N) is 1. The van der Waals surface area contributed by atoms with E-state index in [4.69, 9.17) is 0 Å². The third kappa shape index (κ3) is 2.71. The molecule has 1 aliphatic heterocycles. The SMILES string of the molecule is CCC1CNC(C)CN1C(C)C(C)C. The van der Waals surface area contributed by atoms with E-state index in [1.54, 1.807) is 0 Å². The molecule has 1 heterocycles. The Morgan fingerprint density at radius 2 is 2.00 bits per heavy atom. The number of rotatable bonds is 3. The van der Waals surface area contributed by atoms with Gasteiger partial charge in [-0.2, -0.15) is 0 Å². The van der Waals surface area contributed by atoms with Gasteiger partial charge >= 0.3 is 0 Å². The Balaban J connectivity index is 2.60. The first-order chi connectivity index (χ1) is 6.56. The molecule has 0 spiro atoms. The Bertz CT molecular complexity index is 166. The second kappa shape index (κ2) is 5.13. The third-order valence-electron chi connectivity index (χ3n) is 3.61. The molecule has 0 aromatic carbocycles. The van der Waals surface area contributed by atoms with Crippen LogP contribution < -0.4 is 5.32 Å². The van der Waals surface area contributed by atoms with Gasteiger partial charge < -0.3 is 5.32 Å². The second-order valence-corrected chi connectivity index (χ2v) is 5.05. The van der Waals surface area contributed by atoms with Crippen LogP contribution in [0.2, 0.25) is 0 Å². The number of hydrogen-bond acceptors (Lipinski definition) is 2. The topological polar surface area (TPSA) is 15.3 Å². The lowest BCUT2D eigenvalue weighted by Gasteiger charge is -2.44. The Hall–Kier alpha value is -0.0800. The highest BCUT2D eigenvalue weighted by molar-refractivity contribution is 4.87. The Labute approximate surface area is 89.1 Å². The zero-order valence-electron chi connectivity index (χ0n) is 10.4. The van der Waals surface area contributed by atoms with Crippen LogP contribution in [-0.4, -0.2) is 36.1 Å². The van der Waals surface area contributed by atoms with E-state index in [0.717, 1.165) is 18.5 Å². The van der Waals surface area contributed by atoms with Gasteiger partial charge in [0.15, 0.2) is 0 Å². The van der Waals surface area contributed by atoms with Crippen molar-refractivity contribution in [2.75, 3.05) is 13.1 Å². The van der Waals surface area contributed by atoms with E-state index in [0.29, 0.717) is 12.1 Å². The summed E-state index contributed by atoms with van der Waals surface area (Å²) in [7, 11) is 0. The van der Waals surface area contributed by atoms with Crippen molar-refractivity contribution in [2.45, 2.75) is 59.2 Å². The fourth-order valence-corrected chi connectivity index (χ4v) is 2.24. The molecule has 1 saturated heterocycles. The van der Waals surface area contributed by atoms with Crippen molar-refractivity contribution >= 4 is 0 Å². The first-order valence-corrected chi connectivity index (χ1v) is 6.05. The lowest BCUT2D eigenvalue weighted by molar-refractivity contribution is 0.0688. The van der Waals surface area contributed by atoms with Gasteiger partial charge in [-0.05, 0) is 26.2 Å². The smallest absolute Gasteiger partial charge is 0.0221 e. The maximum atomic E-state index is 3.57. The van der Waals surface area contributed by atoms with Crippen molar-refractivity contribution in [1.29, 1.82) is 0 Å². The fourth-order valence-electron chi connectivity index (χ4n) is 2.24. The summed E-state index contributed by atoms with van der Waals surface area (Å²) in [4.78, 5) is 2.69. The molecule has 1 N–H and O–H groups in total. The van der Waals surface area contributed by atoms with Crippen molar-refractivity contribution in [1.82, 2.24) is 10.2 Å². The molecule has 2 heteroatoms. The molecule has 84 valence electrons. The average molecular weight is 198 g/mol. The summed E-state index contributed by atoms with van der Waals surface area (Å²) in [6, 6.07) is 2.10. The van der Waals surface area contributed by atoms with Gasteiger partial charge in [-0.3, -0.25) is 4.90 Å². The molecule has 0 aliphatic carbocycles. The minimum absolute atomic E-state index is 0.652. The van der Waals surface area contributed by atoms with Gasteiger partial charge in [0.25, 0.3) is 0 Å². The first-order valence-electron chi connectivity index (χ1n) is 6.05. The van der Waals surface area contributed by atoms with E-state index < -0.39 is 0 Å².